The van der Waals surface area contributed by atoms with Crippen molar-refractivity contribution in [3.8, 4) is 23.0 Å². The van der Waals surface area contributed by atoms with Gasteiger partial charge in [0.1, 0.15) is 23.0 Å². The highest BCUT2D eigenvalue weighted by molar-refractivity contribution is 5.97. The maximum atomic E-state index is 12.7. The molecular formula is C25H26O5. The second kappa shape index (κ2) is 8.11. The third-order valence-corrected chi connectivity index (χ3v) is 4.93. The van der Waals surface area contributed by atoms with Crippen LogP contribution in [0, 0.1) is 6.92 Å². The molecule has 5 rings (SSSR count). The summed E-state index contributed by atoms with van der Waals surface area (Å²) in [7, 11) is 0. The normalized spacial score (nSPS) is 14.0. The van der Waals surface area contributed by atoms with Crippen LogP contribution in [0.2, 0.25) is 0 Å². The Bertz CT molecular complexity index is 1050. The SMILES string of the molecule is CC.CC.Cc1ccc2c(c1)C(=O)OC21c2ccc(O)cc2Oc2cc(O)ccc21. The second-order valence-electron chi connectivity index (χ2n) is 6.58. The van der Waals surface area contributed by atoms with Crippen LogP contribution in [0.5, 0.6) is 23.0 Å². The number of hydrogen-bond acceptors (Lipinski definition) is 5. The molecule has 2 N–H and O–H groups in total. The van der Waals surface area contributed by atoms with Crippen molar-refractivity contribution in [2.75, 3.05) is 0 Å². The number of esters is 1. The van der Waals surface area contributed by atoms with Crippen LogP contribution in [-0.2, 0) is 10.3 Å². The first-order chi connectivity index (χ1) is 14.5. The van der Waals surface area contributed by atoms with Gasteiger partial charge in [-0.2, -0.15) is 0 Å². The predicted molar refractivity (Wildman–Crippen MR) is 115 cm³/mol. The maximum absolute atomic E-state index is 12.7. The molecule has 2 aliphatic heterocycles. The third kappa shape index (κ3) is 3.07. The lowest BCUT2D eigenvalue weighted by molar-refractivity contribution is 0.0224. The number of ether oxygens (including phenoxy) is 2. The number of phenolic OH excluding ortho intramolecular Hbond substituents is 2. The molecule has 0 aliphatic carbocycles. The van der Waals surface area contributed by atoms with Gasteiger partial charge in [-0.1, -0.05) is 45.4 Å². The summed E-state index contributed by atoms with van der Waals surface area (Å²) < 4.78 is 11.9. The Balaban J connectivity index is 0.000000606. The van der Waals surface area contributed by atoms with Crippen LogP contribution in [0.25, 0.3) is 0 Å². The molecule has 30 heavy (non-hydrogen) atoms. The molecule has 0 unspecified atom stereocenters. The highest BCUT2D eigenvalue weighted by atomic mass is 16.6. The van der Waals surface area contributed by atoms with E-state index in [1.165, 1.54) is 24.3 Å². The van der Waals surface area contributed by atoms with Crippen LogP contribution in [-0.4, -0.2) is 16.2 Å². The molecule has 0 saturated heterocycles. The first-order valence-electron chi connectivity index (χ1n) is 10.2. The highest BCUT2D eigenvalue weighted by Crippen LogP contribution is 2.56. The van der Waals surface area contributed by atoms with Gasteiger partial charge in [0.15, 0.2) is 5.60 Å². The van der Waals surface area contributed by atoms with E-state index in [2.05, 4.69) is 0 Å². The van der Waals surface area contributed by atoms with Crippen molar-refractivity contribution in [3.05, 3.63) is 82.4 Å². The zero-order valence-electron chi connectivity index (χ0n) is 17.8. The van der Waals surface area contributed by atoms with Gasteiger partial charge in [-0.15, -0.1) is 0 Å². The Morgan fingerprint density at radius 1 is 0.733 bits per heavy atom. The van der Waals surface area contributed by atoms with Gasteiger partial charge in [-0.3, -0.25) is 0 Å². The van der Waals surface area contributed by atoms with Crippen molar-refractivity contribution >= 4 is 5.97 Å². The van der Waals surface area contributed by atoms with Crippen molar-refractivity contribution < 1.29 is 24.5 Å². The highest BCUT2D eigenvalue weighted by Gasteiger charge is 2.53. The number of aromatic hydroxyl groups is 2. The lowest BCUT2D eigenvalue weighted by Gasteiger charge is -2.36. The summed E-state index contributed by atoms with van der Waals surface area (Å²) in [6.07, 6.45) is 0. The fourth-order valence-electron chi connectivity index (χ4n) is 3.82. The van der Waals surface area contributed by atoms with Crippen molar-refractivity contribution in [2.24, 2.45) is 0 Å². The predicted octanol–water partition coefficient (Wildman–Crippen LogP) is 6.03. The molecule has 3 aromatic carbocycles. The summed E-state index contributed by atoms with van der Waals surface area (Å²) in [5, 5.41) is 19.7. The number of carbonyl (C=O) groups excluding carboxylic acids is 1. The number of phenols is 2. The van der Waals surface area contributed by atoms with Gasteiger partial charge in [0, 0.05) is 28.8 Å². The number of fused-ring (bicyclic) bond motifs is 6. The summed E-state index contributed by atoms with van der Waals surface area (Å²) in [4.78, 5) is 12.7. The molecule has 0 bridgehead atoms. The Morgan fingerprint density at radius 3 is 1.77 bits per heavy atom. The molecule has 0 saturated carbocycles. The van der Waals surface area contributed by atoms with Crippen molar-refractivity contribution in [3.63, 3.8) is 0 Å². The molecule has 0 amide bonds. The van der Waals surface area contributed by atoms with E-state index in [-0.39, 0.29) is 11.5 Å². The van der Waals surface area contributed by atoms with E-state index in [0.29, 0.717) is 28.2 Å². The molecule has 3 aromatic rings. The average Bonchev–Trinajstić information content (AvgIpc) is 3.03. The van der Waals surface area contributed by atoms with Gasteiger partial charge in [0.25, 0.3) is 0 Å². The average molecular weight is 406 g/mol. The molecule has 2 aliphatic rings. The third-order valence-electron chi connectivity index (χ3n) is 4.93. The smallest absolute Gasteiger partial charge is 0.340 e. The summed E-state index contributed by atoms with van der Waals surface area (Å²) in [5.41, 5.74) is 2.26. The number of carbonyl (C=O) groups is 1. The van der Waals surface area contributed by atoms with Crippen molar-refractivity contribution in [1.29, 1.82) is 0 Å². The van der Waals surface area contributed by atoms with Crippen LogP contribution in [0.1, 0.15) is 60.3 Å². The number of hydrogen-bond donors (Lipinski definition) is 2. The van der Waals surface area contributed by atoms with Crippen molar-refractivity contribution in [2.45, 2.75) is 40.2 Å². The second-order valence-corrected chi connectivity index (χ2v) is 6.58. The monoisotopic (exact) mass is 406 g/mol. The molecular weight excluding hydrogens is 380 g/mol. The summed E-state index contributed by atoms with van der Waals surface area (Å²) in [6, 6.07) is 15.0. The Labute approximate surface area is 176 Å². The topological polar surface area (TPSA) is 76.0 Å². The van der Waals surface area contributed by atoms with Crippen LogP contribution in [0.3, 0.4) is 0 Å². The van der Waals surface area contributed by atoms with E-state index in [1.807, 2.05) is 52.8 Å². The summed E-state index contributed by atoms with van der Waals surface area (Å²) in [6.45, 7) is 9.92. The first-order valence-corrected chi connectivity index (χ1v) is 10.2. The van der Waals surface area contributed by atoms with Gasteiger partial charge in [-0.05, 0) is 37.3 Å². The Kier molecular flexibility index (Phi) is 5.74. The van der Waals surface area contributed by atoms with E-state index in [4.69, 9.17) is 9.47 Å². The fraction of sp³-hybridized carbons (Fsp3) is 0.240. The molecule has 1 spiro atoms. The lowest BCUT2D eigenvalue weighted by atomic mass is 9.77. The minimum Gasteiger partial charge on any atom is -0.508 e. The molecule has 5 nitrogen and oxygen atoms in total. The minimum atomic E-state index is -1.18. The van der Waals surface area contributed by atoms with E-state index in [9.17, 15) is 15.0 Å². The zero-order valence-corrected chi connectivity index (χ0v) is 17.8. The van der Waals surface area contributed by atoms with Gasteiger partial charge < -0.3 is 19.7 Å². The van der Waals surface area contributed by atoms with Crippen molar-refractivity contribution in [1.82, 2.24) is 0 Å². The largest absolute Gasteiger partial charge is 0.508 e. The molecule has 156 valence electrons. The van der Waals surface area contributed by atoms with E-state index in [1.54, 1.807) is 12.1 Å². The molecule has 5 heteroatoms. The number of rotatable bonds is 0. The lowest BCUT2D eigenvalue weighted by Crippen LogP contribution is -2.32. The van der Waals surface area contributed by atoms with Crippen LogP contribution < -0.4 is 4.74 Å². The number of benzene rings is 3. The van der Waals surface area contributed by atoms with Gasteiger partial charge in [0.2, 0.25) is 0 Å². The Morgan fingerprint density at radius 2 is 1.23 bits per heavy atom. The van der Waals surface area contributed by atoms with Gasteiger partial charge in [0.05, 0.1) is 5.56 Å². The minimum absolute atomic E-state index is 0.0379. The van der Waals surface area contributed by atoms with Crippen LogP contribution in [0.15, 0.2) is 54.6 Å². The zero-order chi connectivity index (χ0) is 22.1. The van der Waals surface area contributed by atoms with E-state index < -0.39 is 11.6 Å². The molecule has 0 atom stereocenters. The van der Waals surface area contributed by atoms with Crippen LogP contribution in [0.4, 0.5) is 0 Å². The molecule has 2 heterocycles. The molecule has 0 fully saturated rings. The Hall–Kier alpha value is -3.47. The first kappa shape index (κ1) is 21.2. The van der Waals surface area contributed by atoms with Gasteiger partial charge in [-0.25, -0.2) is 4.79 Å². The summed E-state index contributed by atoms with van der Waals surface area (Å²) in [5.74, 6) is 0.421. The maximum Gasteiger partial charge on any atom is 0.340 e. The summed E-state index contributed by atoms with van der Waals surface area (Å²) >= 11 is 0. The number of aryl methyl sites for hydroxylation is 1. The van der Waals surface area contributed by atoms with E-state index >= 15 is 0 Å². The standard InChI is InChI=1S/C21H14O5.2C2H6/c1-11-2-5-15-14(8-11)20(24)26-21(15)16-6-3-12(22)9-18(16)25-19-10-13(23)4-7-17(19)21;2*1-2/h2-10,22-23H,1H3;2*1-2H3. The van der Waals surface area contributed by atoms with E-state index in [0.717, 1.165) is 11.1 Å². The van der Waals surface area contributed by atoms with Gasteiger partial charge >= 0.3 is 5.97 Å². The molecule has 0 radical (unpaired) electrons. The van der Waals surface area contributed by atoms with Crippen LogP contribution >= 0.6 is 0 Å². The molecule has 0 aromatic heterocycles. The fourth-order valence-corrected chi connectivity index (χ4v) is 3.82. The quantitative estimate of drug-likeness (QED) is 0.446.